The van der Waals surface area contributed by atoms with E-state index in [1.54, 1.807) is 12.1 Å². The summed E-state index contributed by atoms with van der Waals surface area (Å²) in [4.78, 5) is 16.4. The lowest BCUT2D eigenvalue weighted by Gasteiger charge is -2.11. The highest BCUT2D eigenvalue weighted by atomic mass is 19.4. The van der Waals surface area contributed by atoms with Crippen LogP contribution in [0.5, 0.6) is 0 Å². The van der Waals surface area contributed by atoms with E-state index in [2.05, 4.69) is 15.6 Å². The summed E-state index contributed by atoms with van der Waals surface area (Å²) in [6, 6.07) is 13.2. The van der Waals surface area contributed by atoms with Gasteiger partial charge in [-0.3, -0.25) is 4.79 Å². The van der Waals surface area contributed by atoms with Gasteiger partial charge in [-0.15, -0.1) is 0 Å². The Balaban J connectivity index is 1.67. The maximum absolute atomic E-state index is 12.9. The molecule has 3 rings (SSSR count). The number of nitrogens with zero attached hydrogens (tertiary/aromatic N) is 1. The molecule has 0 bridgehead atoms. The van der Waals surface area contributed by atoms with E-state index in [9.17, 15) is 22.4 Å². The van der Waals surface area contributed by atoms with E-state index in [1.807, 2.05) is 0 Å². The summed E-state index contributed by atoms with van der Waals surface area (Å²) in [7, 11) is 0. The van der Waals surface area contributed by atoms with Gasteiger partial charge in [0, 0.05) is 24.0 Å². The third-order valence-electron chi connectivity index (χ3n) is 3.86. The van der Waals surface area contributed by atoms with Crippen LogP contribution < -0.4 is 10.6 Å². The van der Waals surface area contributed by atoms with Crippen molar-refractivity contribution in [3.8, 4) is 0 Å². The molecular formula is C20H15F4N3O. The fourth-order valence-electron chi connectivity index (χ4n) is 2.44. The van der Waals surface area contributed by atoms with Gasteiger partial charge >= 0.3 is 6.18 Å². The van der Waals surface area contributed by atoms with Gasteiger partial charge in [0.2, 0.25) is 0 Å². The predicted octanol–water partition coefficient (Wildman–Crippen LogP) is 5.10. The highest BCUT2D eigenvalue weighted by Crippen LogP contribution is 2.30. The second-order valence-corrected chi connectivity index (χ2v) is 5.94. The maximum Gasteiger partial charge on any atom is 0.416 e. The molecule has 0 aliphatic heterocycles. The summed E-state index contributed by atoms with van der Waals surface area (Å²) in [5, 5.41) is 5.45. The molecule has 0 unspecified atom stereocenters. The van der Waals surface area contributed by atoms with Crippen LogP contribution in [0.4, 0.5) is 29.1 Å². The molecule has 2 aromatic carbocycles. The van der Waals surface area contributed by atoms with E-state index >= 15 is 0 Å². The molecule has 8 heteroatoms. The molecule has 3 aromatic rings. The summed E-state index contributed by atoms with van der Waals surface area (Å²) >= 11 is 0. The van der Waals surface area contributed by atoms with Crippen molar-refractivity contribution in [2.24, 2.45) is 0 Å². The van der Waals surface area contributed by atoms with Crippen LogP contribution in [0.1, 0.15) is 21.5 Å². The monoisotopic (exact) mass is 389 g/mol. The van der Waals surface area contributed by atoms with E-state index in [-0.39, 0.29) is 17.1 Å². The zero-order chi connectivity index (χ0) is 20.1. The lowest BCUT2D eigenvalue weighted by Crippen LogP contribution is -2.14. The van der Waals surface area contributed by atoms with Crippen molar-refractivity contribution >= 4 is 17.4 Å². The van der Waals surface area contributed by atoms with Crippen molar-refractivity contribution in [1.82, 2.24) is 4.98 Å². The minimum Gasteiger partial charge on any atom is -0.366 e. The van der Waals surface area contributed by atoms with Crippen molar-refractivity contribution in [2.45, 2.75) is 12.7 Å². The first-order chi connectivity index (χ1) is 13.3. The van der Waals surface area contributed by atoms with Gasteiger partial charge in [0.1, 0.15) is 11.6 Å². The topological polar surface area (TPSA) is 54.0 Å². The minimum atomic E-state index is -4.49. The smallest absolute Gasteiger partial charge is 0.366 e. The van der Waals surface area contributed by atoms with E-state index in [4.69, 9.17) is 0 Å². The van der Waals surface area contributed by atoms with Gasteiger partial charge in [-0.25, -0.2) is 9.37 Å². The number of anilines is 2. The Bertz CT molecular complexity index is 972. The molecule has 1 aromatic heterocycles. The van der Waals surface area contributed by atoms with Crippen molar-refractivity contribution in [3.63, 3.8) is 0 Å². The molecule has 144 valence electrons. The SMILES string of the molecule is O=C(Nc1cccc(C(F)(F)F)c1)c1ccnc(NCc2ccc(F)cc2)c1. The third kappa shape index (κ3) is 5.06. The summed E-state index contributed by atoms with van der Waals surface area (Å²) in [6.45, 7) is 0.367. The van der Waals surface area contributed by atoms with Crippen LogP contribution >= 0.6 is 0 Å². The first-order valence-electron chi connectivity index (χ1n) is 8.24. The average Bonchev–Trinajstić information content (AvgIpc) is 2.67. The third-order valence-corrected chi connectivity index (χ3v) is 3.86. The Hall–Kier alpha value is -3.42. The Morgan fingerprint density at radius 3 is 2.46 bits per heavy atom. The second kappa shape index (κ2) is 8.08. The lowest BCUT2D eigenvalue weighted by atomic mass is 10.2. The second-order valence-electron chi connectivity index (χ2n) is 5.94. The Morgan fingerprint density at radius 2 is 1.75 bits per heavy atom. The van der Waals surface area contributed by atoms with Crippen molar-refractivity contribution in [2.75, 3.05) is 10.6 Å². The molecule has 2 N–H and O–H groups in total. The van der Waals surface area contributed by atoms with Gasteiger partial charge in [-0.2, -0.15) is 13.2 Å². The van der Waals surface area contributed by atoms with Gasteiger partial charge in [-0.05, 0) is 48.0 Å². The van der Waals surface area contributed by atoms with Crippen LogP contribution in [-0.2, 0) is 12.7 Å². The van der Waals surface area contributed by atoms with Crippen LogP contribution in [0, 0.1) is 5.82 Å². The van der Waals surface area contributed by atoms with Crippen LogP contribution in [0.15, 0.2) is 66.9 Å². The number of nitrogens with one attached hydrogen (secondary N) is 2. The average molecular weight is 389 g/mol. The Labute approximate surface area is 158 Å². The molecule has 0 aliphatic rings. The molecule has 4 nitrogen and oxygen atoms in total. The molecule has 0 fully saturated rings. The van der Waals surface area contributed by atoms with Crippen molar-refractivity contribution in [1.29, 1.82) is 0 Å². The number of carbonyl (C=O) groups is 1. The molecule has 1 amide bonds. The largest absolute Gasteiger partial charge is 0.416 e. The van der Waals surface area contributed by atoms with Gasteiger partial charge in [-0.1, -0.05) is 18.2 Å². The number of amides is 1. The number of pyridine rings is 1. The number of hydrogen-bond acceptors (Lipinski definition) is 3. The molecule has 28 heavy (non-hydrogen) atoms. The van der Waals surface area contributed by atoms with Crippen LogP contribution in [0.3, 0.4) is 0 Å². The van der Waals surface area contributed by atoms with Crippen LogP contribution in [0.2, 0.25) is 0 Å². The minimum absolute atomic E-state index is 0.0393. The summed E-state index contributed by atoms with van der Waals surface area (Å²) < 4.78 is 51.3. The van der Waals surface area contributed by atoms with Gasteiger partial charge in [0.05, 0.1) is 5.56 Å². The number of halogens is 4. The fourth-order valence-corrected chi connectivity index (χ4v) is 2.44. The highest BCUT2D eigenvalue weighted by molar-refractivity contribution is 6.04. The number of aromatic nitrogens is 1. The van der Waals surface area contributed by atoms with E-state index in [1.165, 1.54) is 42.6 Å². The predicted molar refractivity (Wildman–Crippen MR) is 97.4 cm³/mol. The molecule has 1 heterocycles. The molecule has 0 aliphatic carbocycles. The quantitative estimate of drug-likeness (QED) is 0.597. The van der Waals surface area contributed by atoms with Gasteiger partial charge in [0.15, 0.2) is 0 Å². The number of carbonyl (C=O) groups excluding carboxylic acids is 1. The molecule has 0 spiro atoms. The summed E-state index contributed by atoms with van der Waals surface area (Å²) in [6.07, 6.45) is -3.08. The molecule has 0 radical (unpaired) electrons. The number of rotatable bonds is 5. The standard InChI is InChI=1S/C20H15F4N3O/c21-16-6-4-13(5-7-16)12-26-18-10-14(8-9-25-18)19(28)27-17-3-1-2-15(11-17)20(22,23)24/h1-11H,12H2,(H,25,26)(H,27,28). The Morgan fingerprint density at radius 1 is 1.00 bits per heavy atom. The maximum atomic E-state index is 12.9. The number of benzene rings is 2. The molecule has 0 atom stereocenters. The fraction of sp³-hybridized carbons (Fsp3) is 0.100. The van der Waals surface area contributed by atoms with E-state index < -0.39 is 17.6 Å². The summed E-state index contributed by atoms with van der Waals surface area (Å²) in [5.74, 6) is -0.497. The first kappa shape index (κ1) is 19.3. The number of alkyl halides is 3. The van der Waals surface area contributed by atoms with Crippen molar-refractivity contribution < 1.29 is 22.4 Å². The van der Waals surface area contributed by atoms with Crippen molar-refractivity contribution in [3.05, 3.63) is 89.4 Å². The molecule has 0 saturated heterocycles. The van der Waals surface area contributed by atoms with E-state index in [0.717, 1.165) is 17.7 Å². The number of hydrogen-bond donors (Lipinski definition) is 2. The molecular weight excluding hydrogens is 374 g/mol. The highest BCUT2D eigenvalue weighted by Gasteiger charge is 2.30. The zero-order valence-corrected chi connectivity index (χ0v) is 14.4. The lowest BCUT2D eigenvalue weighted by molar-refractivity contribution is -0.137. The van der Waals surface area contributed by atoms with Crippen LogP contribution in [0.25, 0.3) is 0 Å². The first-order valence-corrected chi connectivity index (χ1v) is 8.24. The molecule has 0 saturated carbocycles. The van der Waals surface area contributed by atoms with Gasteiger partial charge in [0.25, 0.3) is 5.91 Å². The van der Waals surface area contributed by atoms with Gasteiger partial charge < -0.3 is 10.6 Å². The van der Waals surface area contributed by atoms with E-state index in [0.29, 0.717) is 12.4 Å². The zero-order valence-electron chi connectivity index (χ0n) is 14.4. The normalized spacial score (nSPS) is 11.1. The summed E-state index contributed by atoms with van der Waals surface area (Å²) in [5.41, 5.74) is 0.246. The Kier molecular flexibility index (Phi) is 5.58. The van der Waals surface area contributed by atoms with Crippen LogP contribution in [-0.4, -0.2) is 10.9 Å².